The molecule has 0 aliphatic rings. The average Bonchev–Trinajstić information content (AvgIpc) is 2.73. The molecule has 5 heteroatoms. The number of aliphatic carboxylic acids is 1. The first-order valence-electron chi connectivity index (χ1n) is 5.55. The van der Waals surface area contributed by atoms with Crippen LogP contribution in [0.15, 0.2) is 18.3 Å². The highest BCUT2D eigenvalue weighted by Crippen LogP contribution is 2.13. The summed E-state index contributed by atoms with van der Waals surface area (Å²) in [6.07, 6.45) is 1.82. The number of aromatic nitrogens is 1. The van der Waals surface area contributed by atoms with E-state index in [2.05, 4.69) is 5.32 Å². The molecule has 0 aliphatic carbocycles. The van der Waals surface area contributed by atoms with Crippen molar-refractivity contribution in [2.75, 3.05) is 6.54 Å². The molecule has 0 atom stereocenters. The lowest BCUT2D eigenvalue weighted by atomic mass is 9.94. The molecule has 0 saturated heterocycles. The van der Waals surface area contributed by atoms with Gasteiger partial charge in [0.15, 0.2) is 0 Å². The lowest BCUT2D eigenvalue weighted by Crippen LogP contribution is -2.39. The number of nitrogens with zero attached hydrogens (tertiary/aromatic N) is 1. The van der Waals surface area contributed by atoms with Gasteiger partial charge in [-0.05, 0) is 32.9 Å². The molecular weight excluding hydrogens is 220 g/mol. The number of rotatable bonds is 5. The molecule has 0 bridgehead atoms. The van der Waals surface area contributed by atoms with E-state index in [4.69, 9.17) is 5.11 Å². The molecule has 17 heavy (non-hydrogen) atoms. The van der Waals surface area contributed by atoms with Crippen molar-refractivity contribution in [3.63, 3.8) is 0 Å². The standard InChI is InChI=1S/C12H18N2O3/c1-4-14-7-5-6-9(14)10(15)13-8-12(2,3)11(16)17/h5-7H,4,8H2,1-3H3,(H,13,15)(H,16,17). The average molecular weight is 238 g/mol. The molecule has 0 aliphatic heterocycles. The van der Waals surface area contributed by atoms with Crippen LogP contribution in [0.3, 0.4) is 0 Å². The Hall–Kier alpha value is -1.78. The summed E-state index contributed by atoms with van der Waals surface area (Å²) in [4.78, 5) is 22.7. The van der Waals surface area contributed by atoms with Crippen LogP contribution in [0, 0.1) is 5.41 Å². The molecule has 5 nitrogen and oxygen atoms in total. The Morgan fingerprint density at radius 3 is 2.65 bits per heavy atom. The first kappa shape index (κ1) is 13.3. The molecule has 0 spiro atoms. The van der Waals surface area contributed by atoms with Crippen molar-refractivity contribution in [1.29, 1.82) is 0 Å². The minimum absolute atomic E-state index is 0.107. The Kier molecular flexibility index (Phi) is 3.93. The smallest absolute Gasteiger partial charge is 0.310 e. The second-order valence-electron chi connectivity index (χ2n) is 4.55. The maximum Gasteiger partial charge on any atom is 0.310 e. The molecule has 94 valence electrons. The molecule has 0 fully saturated rings. The molecule has 1 amide bonds. The molecule has 1 rings (SSSR count). The zero-order valence-electron chi connectivity index (χ0n) is 10.4. The number of nitrogens with one attached hydrogen (secondary N) is 1. The van der Waals surface area contributed by atoms with E-state index in [0.29, 0.717) is 12.2 Å². The number of carboxylic acid groups (broad SMARTS) is 1. The number of amides is 1. The molecule has 1 aromatic heterocycles. The van der Waals surface area contributed by atoms with Gasteiger partial charge in [0.05, 0.1) is 5.41 Å². The van der Waals surface area contributed by atoms with Gasteiger partial charge in [-0.2, -0.15) is 0 Å². The molecule has 2 N–H and O–H groups in total. The van der Waals surface area contributed by atoms with Crippen LogP contribution in [0.2, 0.25) is 0 Å². The van der Waals surface area contributed by atoms with Gasteiger partial charge < -0.3 is 15.0 Å². The van der Waals surface area contributed by atoms with E-state index in [0.717, 1.165) is 0 Å². The summed E-state index contributed by atoms with van der Waals surface area (Å²) >= 11 is 0. The molecule has 0 radical (unpaired) electrons. The number of hydrogen-bond acceptors (Lipinski definition) is 2. The monoisotopic (exact) mass is 238 g/mol. The molecule has 1 heterocycles. The third-order valence-corrected chi connectivity index (χ3v) is 2.67. The van der Waals surface area contributed by atoms with Crippen molar-refractivity contribution >= 4 is 11.9 Å². The van der Waals surface area contributed by atoms with Crippen LogP contribution in [0.4, 0.5) is 0 Å². The molecular formula is C12H18N2O3. The molecule has 0 aromatic carbocycles. The molecule has 0 unspecified atom stereocenters. The summed E-state index contributed by atoms with van der Waals surface area (Å²) < 4.78 is 1.81. The van der Waals surface area contributed by atoms with Crippen molar-refractivity contribution in [1.82, 2.24) is 9.88 Å². The van der Waals surface area contributed by atoms with E-state index in [1.54, 1.807) is 26.0 Å². The second kappa shape index (κ2) is 5.03. The van der Waals surface area contributed by atoms with Gasteiger partial charge in [0.2, 0.25) is 0 Å². The Bertz CT molecular complexity index is 421. The first-order valence-corrected chi connectivity index (χ1v) is 5.55. The molecule has 1 aromatic rings. The fourth-order valence-electron chi connectivity index (χ4n) is 1.36. The molecule has 0 saturated carbocycles. The van der Waals surface area contributed by atoms with Gasteiger partial charge in [-0.3, -0.25) is 9.59 Å². The predicted molar refractivity (Wildman–Crippen MR) is 63.9 cm³/mol. The van der Waals surface area contributed by atoms with Crippen molar-refractivity contribution in [3.8, 4) is 0 Å². The number of hydrogen-bond donors (Lipinski definition) is 2. The summed E-state index contributed by atoms with van der Waals surface area (Å²) in [6.45, 7) is 5.91. The first-order chi connectivity index (χ1) is 7.88. The quantitative estimate of drug-likeness (QED) is 0.813. The van der Waals surface area contributed by atoms with Gasteiger partial charge in [-0.1, -0.05) is 0 Å². The summed E-state index contributed by atoms with van der Waals surface area (Å²) in [6, 6.07) is 3.51. The fraction of sp³-hybridized carbons (Fsp3) is 0.500. The zero-order chi connectivity index (χ0) is 13.1. The number of aryl methyl sites for hydroxylation is 1. The maximum atomic E-state index is 11.8. The lowest BCUT2D eigenvalue weighted by Gasteiger charge is -2.19. The van der Waals surface area contributed by atoms with Crippen molar-refractivity contribution in [2.24, 2.45) is 5.41 Å². The van der Waals surface area contributed by atoms with E-state index < -0.39 is 11.4 Å². The van der Waals surface area contributed by atoms with Crippen molar-refractivity contribution in [2.45, 2.75) is 27.3 Å². The van der Waals surface area contributed by atoms with Crippen LogP contribution in [-0.2, 0) is 11.3 Å². The van der Waals surface area contributed by atoms with Gasteiger partial charge >= 0.3 is 5.97 Å². The van der Waals surface area contributed by atoms with E-state index in [1.165, 1.54) is 0 Å². The normalized spacial score (nSPS) is 11.2. The number of carbonyl (C=O) groups excluding carboxylic acids is 1. The second-order valence-corrected chi connectivity index (χ2v) is 4.55. The zero-order valence-corrected chi connectivity index (χ0v) is 10.4. The third kappa shape index (κ3) is 3.09. The Labute approximate surface area is 100 Å². The highest BCUT2D eigenvalue weighted by atomic mass is 16.4. The van der Waals surface area contributed by atoms with Crippen molar-refractivity contribution in [3.05, 3.63) is 24.0 Å². The van der Waals surface area contributed by atoms with Gasteiger partial charge in [-0.15, -0.1) is 0 Å². The summed E-state index contributed by atoms with van der Waals surface area (Å²) in [5.41, 5.74) is -0.409. The topological polar surface area (TPSA) is 71.3 Å². The fourth-order valence-corrected chi connectivity index (χ4v) is 1.36. The summed E-state index contributed by atoms with van der Waals surface area (Å²) in [7, 11) is 0. The lowest BCUT2D eigenvalue weighted by molar-refractivity contribution is -0.146. The minimum atomic E-state index is -0.959. The van der Waals surface area contributed by atoms with E-state index >= 15 is 0 Å². The number of carbonyl (C=O) groups is 2. The van der Waals surface area contributed by atoms with Crippen LogP contribution in [0.5, 0.6) is 0 Å². The summed E-state index contributed by atoms with van der Waals surface area (Å²) in [5, 5.41) is 11.6. The van der Waals surface area contributed by atoms with Crippen LogP contribution in [0.1, 0.15) is 31.3 Å². The maximum absolute atomic E-state index is 11.8. The van der Waals surface area contributed by atoms with Crippen molar-refractivity contribution < 1.29 is 14.7 Å². The van der Waals surface area contributed by atoms with Crippen LogP contribution >= 0.6 is 0 Å². The summed E-state index contributed by atoms with van der Waals surface area (Å²) in [5.74, 6) is -1.17. The van der Waals surface area contributed by atoms with Gasteiger partial charge in [0, 0.05) is 19.3 Å². The highest BCUT2D eigenvalue weighted by molar-refractivity contribution is 5.93. The Balaban J connectivity index is 2.65. The van der Waals surface area contributed by atoms with Crippen LogP contribution in [-0.4, -0.2) is 28.1 Å². The third-order valence-electron chi connectivity index (χ3n) is 2.67. The Morgan fingerprint density at radius 2 is 2.12 bits per heavy atom. The van der Waals surface area contributed by atoms with Gasteiger partial charge in [0.25, 0.3) is 5.91 Å². The SMILES string of the molecule is CCn1cccc1C(=O)NCC(C)(C)C(=O)O. The largest absolute Gasteiger partial charge is 0.481 e. The van der Waals surface area contributed by atoms with Crippen LogP contribution in [0.25, 0.3) is 0 Å². The minimum Gasteiger partial charge on any atom is -0.481 e. The van der Waals surface area contributed by atoms with E-state index in [1.807, 2.05) is 17.7 Å². The van der Waals surface area contributed by atoms with Gasteiger partial charge in [-0.25, -0.2) is 0 Å². The Morgan fingerprint density at radius 1 is 1.47 bits per heavy atom. The van der Waals surface area contributed by atoms with Gasteiger partial charge in [0.1, 0.15) is 5.69 Å². The van der Waals surface area contributed by atoms with E-state index in [-0.39, 0.29) is 12.5 Å². The highest BCUT2D eigenvalue weighted by Gasteiger charge is 2.27. The number of carboxylic acids is 1. The van der Waals surface area contributed by atoms with Crippen LogP contribution < -0.4 is 5.32 Å². The predicted octanol–water partition coefficient (Wildman–Crippen LogP) is 1.35. The van der Waals surface area contributed by atoms with E-state index in [9.17, 15) is 9.59 Å².